The maximum Gasteiger partial charge on any atom is 0.363 e. The summed E-state index contributed by atoms with van der Waals surface area (Å²) in [6.07, 6.45) is 0.120. The van der Waals surface area contributed by atoms with E-state index in [9.17, 15) is 13.8 Å². The topological polar surface area (TPSA) is 93.6 Å². The van der Waals surface area contributed by atoms with Crippen LogP contribution in [-0.4, -0.2) is 26.7 Å². The molecule has 1 aromatic rings. The Balaban J connectivity index is 2.27. The fourth-order valence-corrected chi connectivity index (χ4v) is 3.20. The molecule has 1 unspecified atom stereocenters. The van der Waals surface area contributed by atoms with Crippen molar-refractivity contribution in [3.63, 3.8) is 0 Å². The van der Waals surface area contributed by atoms with Gasteiger partial charge in [0.05, 0.1) is 12.2 Å². The minimum absolute atomic E-state index is 0.159. The van der Waals surface area contributed by atoms with Gasteiger partial charge in [-0.1, -0.05) is 6.92 Å². The van der Waals surface area contributed by atoms with E-state index in [1.54, 1.807) is 6.92 Å². The maximum atomic E-state index is 13.2. The molecule has 10 heteroatoms. The van der Waals surface area contributed by atoms with Gasteiger partial charge < -0.3 is 9.63 Å². The van der Waals surface area contributed by atoms with E-state index in [0.29, 0.717) is 12.0 Å². The Hall–Kier alpha value is -0.860. The molecule has 1 saturated heterocycles. The van der Waals surface area contributed by atoms with Gasteiger partial charge >= 0.3 is 12.5 Å². The van der Waals surface area contributed by atoms with Gasteiger partial charge in [0.2, 0.25) is 0 Å². The molecule has 1 aromatic heterocycles. The van der Waals surface area contributed by atoms with E-state index in [-0.39, 0.29) is 6.42 Å². The van der Waals surface area contributed by atoms with Crippen molar-refractivity contribution in [1.82, 2.24) is 9.55 Å². The Bertz CT molecular complexity index is 684. The van der Waals surface area contributed by atoms with Crippen molar-refractivity contribution >= 4 is 18.6 Å². The van der Waals surface area contributed by atoms with E-state index in [0.717, 1.165) is 0 Å². The van der Waals surface area contributed by atoms with Crippen molar-refractivity contribution < 1.29 is 18.4 Å². The molecule has 1 fully saturated rings. The van der Waals surface area contributed by atoms with Gasteiger partial charge in [-0.25, -0.2) is 4.79 Å². The monoisotopic (exact) mass is 338 g/mol. The quantitative estimate of drug-likeness (QED) is 0.799. The van der Waals surface area contributed by atoms with Crippen LogP contribution >= 0.6 is 6.80 Å². The van der Waals surface area contributed by atoms with Gasteiger partial charge in [-0.05, 0) is 25.2 Å². The van der Waals surface area contributed by atoms with Crippen LogP contribution in [0.25, 0.3) is 0 Å². The molecule has 0 amide bonds. The number of rotatable bonds is 4. The maximum absolute atomic E-state index is 13.2. The highest BCUT2D eigenvalue weighted by atomic mass is 32.5. The van der Waals surface area contributed by atoms with Crippen molar-refractivity contribution in [3.05, 3.63) is 32.6 Å². The molecule has 7 nitrogen and oxygen atoms in total. The second-order valence-electron chi connectivity index (χ2n) is 4.85. The van der Waals surface area contributed by atoms with Crippen LogP contribution in [-0.2, 0) is 21.1 Å². The van der Waals surface area contributed by atoms with Crippen LogP contribution in [0.5, 0.6) is 0 Å². The Kier molecular flexibility index (Phi) is 4.79. The standard InChI is InChI=1S/C11H16FN2O5PS/c1-3-7-8(19-20(12,17)21)4-9(18-7)14-5-6(2)10(15)13-11(14)16/h5,7-9H,3-4H2,1-2H3,(H,17,21)(H,13,15,16)/t7-,8+,9-,20?/m1/s1. The summed E-state index contributed by atoms with van der Waals surface area (Å²) >= 11 is 4.25. The Morgan fingerprint density at radius 3 is 2.90 bits per heavy atom. The number of ether oxygens (including phenoxy) is 1. The lowest BCUT2D eigenvalue weighted by atomic mass is 10.1. The number of nitrogens with zero attached hydrogens (tertiary/aromatic N) is 1. The second kappa shape index (κ2) is 6.10. The van der Waals surface area contributed by atoms with Crippen LogP contribution in [0.2, 0.25) is 0 Å². The van der Waals surface area contributed by atoms with Crippen molar-refractivity contribution in [2.75, 3.05) is 0 Å². The van der Waals surface area contributed by atoms with Crippen LogP contribution in [0.1, 0.15) is 31.6 Å². The number of aromatic amines is 1. The van der Waals surface area contributed by atoms with Crippen LogP contribution in [0, 0.1) is 6.92 Å². The molecule has 21 heavy (non-hydrogen) atoms. The normalized spacial score (nSPS) is 28.5. The first-order valence-corrected chi connectivity index (χ1v) is 8.96. The molecular formula is C11H16FN2O5PS. The molecule has 2 heterocycles. The predicted octanol–water partition coefficient (Wildman–Crippen LogP) is 1.11. The summed E-state index contributed by atoms with van der Waals surface area (Å²) in [5.41, 5.74) is -0.730. The van der Waals surface area contributed by atoms with E-state index in [2.05, 4.69) is 16.8 Å². The SMILES string of the molecule is CC[C@H]1O[C@@H](n2cc(C)c(=O)[nH]c2=O)C[C@@H]1OP(O)(F)=S. The Labute approximate surface area is 125 Å². The highest BCUT2D eigenvalue weighted by molar-refractivity contribution is 8.06. The minimum atomic E-state index is -4.30. The highest BCUT2D eigenvalue weighted by Crippen LogP contribution is 2.49. The summed E-state index contributed by atoms with van der Waals surface area (Å²) in [7, 11) is 0. The van der Waals surface area contributed by atoms with E-state index in [4.69, 9.17) is 14.2 Å². The van der Waals surface area contributed by atoms with Crippen LogP contribution in [0.15, 0.2) is 15.8 Å². The van der Waals surface area contributed by atoms with Gasteiger partial charge in [0, 0.05) is 18.2 Å². The zero-order valence-corrected chi connectivity index (χ0v) is 13.2. The number of aryl methyl sites for hydroxylation is 1. The summed E-state index contributed by atoms with van der Waals surface area (Å²) in [5, 5.41) is 0. The summed E-state index contributed by atoms with van der Waals surface area (Å²) < 4.78 is 24.9. The molecule has 2 N–H and O–H groups in total. The third-order valence-corrected chi connectivity index (χ3v) is 4.09. The lowest BCUT2D eigenvalue weighted by molar-refractivity contribution is -0.0188. The first-order valence-electron chi connectivity index (χ1n) is 6.39. The number of hydrogen-bond acceptors (Lipinski definition) is 5. The number of halogens is 1. The fraction of sp³-hybridized carbons (Fsp3) is 0.636. The number of aromatic nitrogens is 2. The molecule has 0 saturated carbocycles. The van der Waals surface area contributed by atoms with E-state index < -0.39 is 36.5 Å². The smallest absolute Gasteiger partial charge is 0.352 e. The van der Waals surface area contributed by atoms with Gasteiger partial charge in [0.1, 0.15) is 6.23 Å². The molecule has 0 aromatic carbocycles. The van der Waals surface area contributed by atoms with Crippen molar-refractivity contribution in [1.29, 1.82) is 0 Å². The molecule has 4 atom stereocenters. The number of H-pyrrole nitrogens is 1. The summed E-state index contributed by atoms with van der Waals surface area (Å²) in [4.78, 5) is 34.4. The van der Waals surface area contributed by atoms with E-state index in [1.807, 2.05) is 6.92 Å². The molecule has 2 rings (SSSR count). The molecule has 118 valence electrons. The Morgan fingerprint density at radius 1 is 1.67 bits per heavy atom. The predicted molar refractivity (Wildman–Crippen MR) is 77.4 cm³/mol. The van der Waals surface area contributed by atoms with Crippen molar-refractivity contribution in [2.24, 2.45) is 0 Å². The average Bonchev–Trinajstić information content (AvgIpc) is 2.74. The molecule has 0 bridgehead atoms. The van der Waals surface area contributed by atoms with Crippen molar-refractivity contribution in [2.45, 2.75) is 45.1 Å². The molecule has 1 aliphatic rings. The third-order valence-electron chi connectivity index (χ3n) is 3.30. The molecule has 1 aliphatic heterocycles. The largest absolute Gasteiger partial charge is 0.363 e. The Morgan fingerprint density at radius 2 is 2.33 bits per heavy atom. The zero-order valence-electron chi connectivity index (χ0n) is 11.5. The second-order valence-corrected chi connectivity index (χ2v) is 7.31. The van der Waals surface area contributed by atoms with Crippen molar-refractivity contribution in [3.8, 4) is 0 Å². The first-order chi connectivity index (χ1) is 9.71. The van der Waals surface area contributed by atoms with Crippen LogP contribution in [0.4, 0.5) is 4.20 Å². The van der Waals surface area contributed by atoms with Gasteiger partial charge in [-0.3, -0.25) is 18.9 Å². The molecular weight excluding hydrogens is 322 g/mol. The van der Waals surface area contributed by atoms with E-state index in [1.165, 1.54) is 10.8 Å². The summed E-state index contributed by atoms with van der Waals surface area (Å²) in [6, 6.07) is 0. The molecule has 0 aliphatic carbocycles. The third kappa shape index (κ3) is 3.87. The number of hydrogen-bond donors (Lipinski definition) is 2. The van der Waals surface area contributed by atoms with Crippen LogP contribution in [0.3, 0.4) is 0 Å². The first kappa shape index (κ1) is 16.5. The average molecular weight is 338 g/mol. The fourth-order valence-electron chi connectivity index (χ4n) is 2.31. The van der Waals surface area contributed by atoms with Gasteiger partial charge in [-0.15, -0.1) is 0 Å². The summed E-state index contributed by atoms with van der Waals surface area (Å²) in [5.74, 6) is 0. The lowest BCUT2D eigenvalue weighted by Crippen LogP contribution is -2.33. The summed E-state index contributed by atoms with van der Waals surface area (Å²) in [6.45, 7) is -0.936. The highest BCUT2D eigenvalue weighted by Gasteiger charge is 2.39. The van der Waals surface area contributed by atoms with Gasteiger partial charge in [0.25, 0.3) is 5.56 Å². The van der Waals surface area contributed by atoms with Crippen LogP contribution < -0.4 is 11.2 Å². The number of nitrogens with one attached hydrogen (secondary N) is 1. The van der Waals surface area contributed by atoms with E-state index >= 15 is 0 Å². The zero-order chi connectivity index (χ0) is 15.8. The van der Waals surface area contributed by atoms with Gasteiger partial charge in [-0.2, -0.15) is 4.20 Å². The molecule has 0 radical (unpaired) electrons. The minimum Gasteiger partial charge on any atom is -0.352 e. The lowest BCUT2D eigenvalue weighted by Gasteiger charge is -2.17. The molecule has 0 spiro atoms. The van der Waals surface area contributed by atoms with Gasteiger partial charge in [0.15, 0.2) is 0 Å².